The first-order chi connectivity index (χ1) is 12.8. The zero-order chi connectivity index (χ0) is 19.9. The van der Waals surface area contributed by atoms with Crippen molar-refractivity contribution in [1.29, 1.82) is 0 Å². The van der Waals surface area contributed by atoms with Crippen molar-refractivity contribution in [2.24, 2.45) is 0 Å². The van der Waals surface area contributed by atoms with Crippen molar-refractivity contribution in [3.05, 3.63) is 59.7 Å². The summed E-state index contributed by atoms with van der Waals surface area (Å²) in [6.45, 7) is 1.78. The molecule has 0 radical (unpaired) electrons. The topological polar surface area (TPSA) is 113 Å². The van der Waals surface area contributed by atoms with Gasteiger partial charge in [-0.3, -0.25) is 14.3 Å². The number of rotatable bonds is 9. The van der Waals surface area contributed by atoms with Crippen LogP contribution in [0.4, 0.5) is 11.4 Å². The number of hydrogen-bond acceptors (Lipinski definition) is 4. The second-order valence-corrected chi connectivity index (χ2v) is 7.89. The van der Waals surface area contributed by atoms with E-state index in [0.29, 0.717) is 29.8 Å². The lowest BCUT2D eigenvalue weighted by Gasteiger charge is -2.09. The SMILES string of the molecule is CCCS(=O)(=O)Nc1ccc(C(=O)Nc2cccc(CCC(=O)O)c2)cc1. The largest absolute Gasteiger partial charge is 0.481 e. The predicted molar refractivity (Wildman–Crippen MR) is 104 cm³/mol. The Bertz CT molecular complexity index is 908. The van der Waals surface area contributed by atoms with Crippen LogP contribution in [0.3, 0.4) is 0 Å². The number of amides is 1. The number of carbonyl (C=O) groups excluding carboxylic acids is 1. The van der Waals surface area contributed by atoms with Crippen LogP contribution in [0, 0.1) is 0 Å². The van der Waals surface area contributed by atoms with Gasteiger partial charge in [0.1, 0.15) is 0 Å². The molecule has 3 N–H and O–H groups in total. The minimum absolute atomic E-state index is 0.0206. The Hall–Kier alpha value is -2.87. The molecule has 0 aromatic heterocycles. The van der Waals surface area contributed by atoms with Crippen LogP contribution in [0.2, 0.25) is 0 Å². The second kappa shape index (κ2) is 9.18. The molecule has 0 aliphatic carbocycles. The van der Waals surface area contributed by atoms with Crippen LogP contribution in [0.5, 0.6) is 0 Å². The van der Waals surface area contributed by atoms with E-state index in [1.54, 1.807) is 31.2 Å². The van der Waals surface area contributed by atoms with Crippen LogP contribution in [-0.4, -0.2) is 31.2 Å². The highest BCUT2D eigenvalue weighted by Gasteiger charge is 2.10. The molecule has 1 amide bonds. The van der Waals surface area contributed by atoms with Gasteiger partial charge in [-0.05, 0) is 54.8 Å². The number of carbonyl (C=O) groups is 2. The van der Waals surface area contributed by atoms with E-state index in [-0.39, 0.29) is 18.1 Å². The number of anilines is 2. The summed E-state index contributed by atoms with van der Waals surface area (Å²) in [5, 5.41) is 11.5. The van der Waals surface area contributed by atoms with Crippen LogP contribution in [0.15, 0.2) is 48.5 Å². The minimum Gasteiger partial charge on any atom is -0.481 e. The normalized spacial score (nSPS) is 11.0. The Balaban J connectivity index is 2.02. The van der Waals surface area contributed by atoms with Crippen LogP contribution in [0.25, 0.3) is 0 Å². The Kier molecular flexibility index (Phi) is 6.95. The zero-order valence-corrected chi connectivity index (χ0v) is 15.8. The summed E-state index contributed by atoms with van der Waals surface area (Å²) in [5.41, 5.74) is 2.16. The number of benzene rings is 2. The highest BCUT2D eigenvalue weighted by atomic mass is 32.2. The first kappa shape index (κ1) is 20.4. The molecule has 0 unspecified atom stereocenters. The number of carboxylic acids is 1. The average Bonchev–Trinajstić information content (AvgIpc) is 2.60. The van der Waals surface area contributed by atoms with Crippen molar-refractivity contribution in [3.8, 4) is 0 Å². The highest BCUT2D eigenvalue weighted by molar-refractivity contribution is 7.92. The van der Waals surface area contributed by atoms with Gasteiger partial charge in [-0.15, -0.1) is 0 Å². The fourth-order valence-electron chi connectivity index (χ4n) is 2.45. The van der Waals surface area contributed by atoms with Crippen LogP contribution < -0.4 is 10.0 Å². The zero-order valence-electron chi connectivity index (χ0n) is 14.9. The molecule has 2 aromatic carbocycles. The van der Waals surface area contributed by atoms with E-state index in [4.69, 9.17) is 5.11 Å². The summed E-state index contributed by atoms with van der Waals surface area (Å²) in [4.78, 5) is 23.0. The van der Waals surface area contributed by atoms with E-state index < -0.39 is 16.0 Å². The molecule has 0 aliphatic rings. The first-order valence-electron chi connectivity index (χ1n) is 8.51. The molecule has 144 valence electrons. The highest BCUT2D eigenvalue weighted by Crippen LogP contribution is 2.16. The molecule has 0 heterocycles. The molecule has 0 bridgehead atoms. The molecule has 0 atom stereocenters. The molecule has 0 saturated heterocycles. The number of hydrogen-bond donors (Lipinski definition) is 3. The van der Waals surface area contributed by atoms with Gasteiger partial charge in [0.2, 0.25) is 10.0 Å². The van der Waals surface area contributed by atoms with Gasteiger partial charge in [0.15, 0.2) is 0 Å². The lowest BCUT2D eigenvalue weighted by molar-refractivity contribution is -0.136. The molecule has 27 heavy (non-hydrogen) atoms. The Labute approximate surface area is 158 Å². The van der Waals surface area contributed by atoms with Crippen molar-refractivity contribution in [1.82, 2.24) is 0 Å². The van der Waals surface area contributed by atoms with Crippen LogP contribution in [0.1, 0.15) is 35.7 Å². The molecule has 2 rings (SSSR count). The maximum absolute atomic E-state index is 12.3. The summed E-state index contributed by atoms with van der Waals surface area (Å²) in [6.07, 6.45) is 0.916. The third-order valence-corrected chi connectivity index (χ3v) is 5.20. The monoisotopic (exact) mass is 390 g/mol. The lowest BCUT2D eigenvalue weighted by atomic mass is 10.1. The predicted octanol–water partition coefficient (Wildman–Crippen LogP) is 3.11. The van der Waals surface area contributed by atoms with E-state index in [2.05, 4.69) is 10.0 Å². The van der Waals surface area contributed by atoms with Crippen molar-refractivity contribution < 1.29 is 23.1 Å². The van der Waals surface area contributed by atoms with Crippen LogP contribution >= 0.6 is 0 Å². The van der Waals surface area contributed by atoms with E-state index in [9.17, 15) is 18.0 Å². The molecule has 7 nitrogen and oxygen atoms in total. The van der Waals surface area contributed by atoms with Gasteiger partial charge >= 0.3 is 5.97 Å². The lowest BCUT2D eigenvalue weighted by Crippen LogP contribution is -2.16. The van der Waals surface area contributed by atoms with Gasteiger partial charge in [0, 0.05) is 23.4 Å². The molecule has 0 spiro atoms. The molecule has 0 saturated carbocycles. The van der Waals surface area contributed by atoms with Gasteiger partial charge in [0.25, 0.3) is 5.91 Å². The smallest absolute Gasteiger partial charge is 0.303 e. The number of aliphatic carboxylic acids is 1. The van der Waals surface area contributed by atoms with Gasteiger partial charge in [-0.2, -0.15) is 0 Å². The fourth-order valence-corrected chi connectivity index (χ4v) is 3.58. The number of nitrogens with one attached hydrogen (secondary N) is 2. The van der Waals surface area contributed by atoms with E-state index in [0.717, 1.165) is 5.56 Å². The van der Waals surface area contributed by atoms with E-state index in [1.807, 2.05) is 0 Å². The average molecular weight is 390 g/mol. The Morgan fingerprint density at radius 1 is 1.04 bits per heavy atom. The third kappa shape index (κ3) is 6.74. The summed E-state index contributed by atoms with van der Waals surface area (Å²) < 4.78 is 26.0. The molecular formula is C19H22N2O5S. The summed E-state index contributed by atoms with van der Waals surface area (Å²) in [5.74, 6) is -1.18. The minimum atomic E-state index is -3.38. The van der Waals surface area contributed by atoms with Gasteiger partial charge in [-0.25, -0.2) is 8.42 Å². The Morgan fingerprint density at radius 2 is 1.74 bits per heavy atom. The van der Waals surface area contributed by atoms with Crippen molar-refractivity contribution in [2.75, 3.05) is 15.8 Å². The Morgan fingerprint density at radius 3 is 2.37 bits per heavy atom. The first-order valence-corrected chi connectivity index (χ1v) is 10.2. The number of sulfonamides is 1. The van der Waals surface area contributed by atoms with Gasteiger partial charge in [-0.1, -0.05) is 19.1 Å². The standard InChI is InChI=1S/C19H22N2O5S/c1-2-12-27(25,26)21-16-9-7-15(8-10-16)19(24)20-17-5-3-4-14(13-17)6-11-18(22)23/h3-5,7-10,13,21H,2,6,11-12H2,1H3,(H,20,24)(H,22,23). The van der Waals surface area contributed by atoms with Crippen molar-refractivity contribution in [3.63, 3.8) is 0 Å². The van der Waals surface area contributed by atoms with Gasteiger partial charge in [0.05, 0.1) is 5.75 Å². The van der Waals surface area contributed by atoms with Crippen molar-refractivity contribution in [2.45, 2.75) is 26.2 Å². The second-order valence-electron chi connectivity index (χ2n) is 6.05. The van der Waals surface area contributed by atoms with E-state index >= 15 is 0 Å². The molecular weight excluding hydrogens is 368 g/mol. The quantitative estimate of drug-likeness (QED) is 0.609. The summed E-state index contributed by atoms with van der Waals surface area (Å²) >= 11 is 0. The van der Waals surface area contributed by atoms with E-state index in [1.165, 1.54) is 24.3 Å². The molecule has 0 aliphatic heterocycles. The molecule has 0 fully saturated rings. The maximum atomic E-state index is 12.3. The summed E-state index contributed by atoms with van der Waals surface area (Å²) in [6, 6.07) is 13.1. The number of aryl methyl sites for hydroxylation is 1. The fraction of sp³-hybridized carbons (Fsp3) is 0.263. The summed E-state index contributed by atoms with van der Waals surface area (Å²) in [7, 11) is -3.38. The van der Waals surface area contributed by atoms with Gasteiger partial charge < -0.3 is 10.4 Å². The third-order valence-electron chi connectivity index (χ3n) is 3.71. The van der Waals surface area contributed by atoms with Crippen LogP contribution in [-0.2, 0) is 21.2 Å². The molecule has 8 heteroatoms. The van der Waals surface area contributed by atoms with Crippen molar-refractivity contribution >= 4 is 33.3 Å². The number of carboxylic acid groups (broad SMARTS) is 1. The molecule has 2 aromatic rings. The maximum Gasteiger partial charge on any atom is 0.303 e.